The van der Waals surface area contributed by atoms with Gasteiger partial charge in [0.05, 0.1) is 17.1 Å². The molecule has 1 aliphatic rings. The van der Waals surface area contributed by atoms with E-state index < -0.39 is 17.6 Å². The number of aryl methyl sites for hydroxylation is 1. The number of carbonyl (C=O) groups excluding carboxylic acids is 2. The summed E-state index contributed by atoms with van der Waals surface area (Å²) in [5.74, 6) is -0.400. The van der Waals surface area contributed by atoms with Gasteiger partial charge in [-0.15, -0.1) is 10.2 Å². The van der Waals surface area contributed by atoms with Crippen LogP contribution < -0.4 is 5.32 Å². The molecule has 4 rings (SSSR count). The van der Waals surface area contributed by atoms with Crippen molar-refractivity contribution in [1.82, 2.24) is 24.9 Å². The highest BCUT2D eigenvalue weighted by Crippen LogP contribution is 2.32. The lowest BCUT2D eigenvalue weighted by Crippen LogP contribution is -2.25. The first-order valence-electron chi connectivity index (χ1n) is 8.80. The molecule has 7 nitrogen and oxygen atoms in total. The average Bonchev–Trinajstić information content (AvgIpc) is 3.21. The Kier molecular flexibility index (Phi) is 4.60. The highest BCUT2D eigenvalue weighted by molar-refractivity contribution is 6.33. The van der Waals surface area contributed by atoms with Crippen LogP contribution in [0.3, 0.4) is 0 Å². The SMILES string of the molecule is Cc1c(C(=O)NCc2nnc3c(Cl)cc(C(F)(F)F)cn23)[nH]c2c1C(=O)CCC2. The van der Waals surface area contributed by atoms with Crippen LogP contribution in [0, 0.1) is 6.92 Å². The summed E-state index contributed by atoms with van der Waals surface area (Å²) in [4.78, 5) is 27.7. The number of H-pyrrole nitrogens is 1. The third-order valence-electron chi connectivity index (χ3n) is 4.93. The van der Waals surface area contributed by atoms with Crippen molar-refractivity contribution < 1.29 is 22.8 Å². The number of aromatic amines is 1. The summed E-state index contributed by atoms with van der Waals surface area (Å²) in [7, 11) is 0. The Morgan fingerprint density at radius 3 is 2.79 bits per heavy atom. The van der Waals surface area contributed by atoms with Crippen molar-refractivity contribution in [3.05, 3.63) is 51.2 Å². The lowest BCUT2D eigenvalue weighted by molar-refractivity contribution is -0.137. The van der Waals surface area contributed by atoms with E-state index in [0.717, 1.165) is 28.8 Å². The monoisotopic (exact) mass is 425 g/mol. The van der Waals surface area contributed by atoms with Gasteiger partial charge in [0, 0.05) is 23.9 Å². The van der Waals surface area contributed by atoms with Gasteiger partial charge in [-0.1, -0.05) is 11.6 Å². The van der Waals surface area contributed by atoms with Gasteiger partial charge in [0.25, 0.3) is 5.91 Å². The predicted molar refractivity (Wildman–Crippen MR) is 97.0 cm³/mol. The van der Waals surface area contributed by atoms with Gasteiger partial charge in [0.15, 0.2) is 17.3 Å². The van der Waals surface area contributed by atoms with Gasteiger partial charge in [-0.25, -0.2) is 0 Å². The van der Waals surface area contributed by atoms with Crippen molar-refractivity contribution >= 4 is 28.9 Å². The Labute approximate surface area is 167 Å². The minimum atomic E-state index is -4.59. The fourth-order valence-corrected chi connectivity index (χ4v) is 3.77. The third-order valence-corrected chi connectivity index (χ3v) is 5.21. The molecule has 0 aromatic carbocycles. The maximum atomic E-state index is 13.0. The zero-order valence-electron chi connectivity index (χ0n) is 15.2. The normalized spacial score (nSPS) is 14.3. The number of carbonyl (C=O) groups is 2. The largest absolute Gasteiger partial charge is 0.417 e. The Balaban J connectivity index is 1.60. The van der Waals surface area contributed by atoms with Crippen LogP contribution in [0.4, 0.5) is 13.2 Å². The number of alkyl halides is 3. The molecule has 152 valence electrons. The van der Waals surface area contributed by atoms with E-state index in [1.54, 1.807) is 6.92 Å². The van der Waals surface area contributed by atoms with Crippen molar-refractivity contribution in [2.24, 2.45) is 0 Å². The molecule has 2 N–H and O–H groups in total. The Bertz CT molecular complexity index is 1150. The summed E-state index contributed by atoms with van der Waals surface area (Å²) < 4.78 is 40.2. The standard InChI is InChI=1S/C18H15ClF3N5O2/c1-8-14-11(3-2-4-12(14)28)24-15(8)17(29)23-6-13-25-26-16-10(19)5-9(7-27(13)16)18(20,21)22/h5,7,24H,2-4,6H2,1H3,(H,23,29). The molecule has 0 aliphatic heterocycles. The van der Waals surface area contributed by atoms with Crippen molar-refractivity contribution in [2.45, 2.75) is 38.9 Å². The molecular weight excluding hydrogens is 411 g/mol. The van der Waals surface area contributed by atoms with E-state index in [0.29, 0.717) is 24.0 Å². The molecule has 0 unspecified atom stereocenters. The highest BCUT2D eigenvalue weighted by atomic mass is 35.5. The van der Waals surface area contributed by atoms with Crippen LogP contribution in [0.5, 0.6) is 0 Å². The molecule has 0 atom stereocenters. The van der Waals surface area contributed by atoms with Crippen molar-refractivity contribution in [1.29, 1.82) is 0 Å². The predicted octanol–water partition coefficient (Wildman–Crippen LogP) is 3.49. The summed E-state index contributed by atoms with van der Waals surface area (Å²) in [6.07, 6.45) is -1.90. The number of nitrogens with one attached hydrogen (secondary N) is 2. The number of pyridine rings is 1. The zero-order chi connectivity index (χ0) is 20.9. The first kappa shape index (κ1) is 19.4. The zero-order valence-corrected chi connectivity index (χ0v) is 15.9. The van der Waals surface area contributed by atoms with Crippen LogP contribution in [0.15, 0.2) is 12.3 Å². The van der Waals surface area contributed by atoms with Crippen LogP contribution in [0.25, 0.3) is 5.65 Å². The quantitative estimate of drug-likeness (QED) is 0.672. The van der Waals surface area contributed by atoms with Gasteiger partial charge in [-0.2, -0.15) is 13.2 Å². The summed E-state index contributed by atoms with van der Waals surface area (Å²) in [5, 5.41) is 10.0. The van der Waals surface area contributed by atoms with E-state index >= 15 is 0 Å². The molecule has 0 bridgehead atoms. The molecule has 0 saturated carbocycles. The molecule has 1 aliphatic carbocycles. The van der Waals surface area contributed by atoms with Crippen molar-refractivity contribution in [2.75, 3.05) is 0 Å². The van der Waals surface area contributed by atoms with Crippen LogP contribution >= 0.6 is 11.6 Å². The Morgan fingerprint density at radius 1 is 1.34 bits per heavy atom. The summed E-state index contributed by atoms with van der Waals surface area (Å²) in [6.45, 7) is 1.52. The Hall–Kier alpha value is -2.88. The second-order valence-corrected chi connectivity index (χ2v) is 7.23. The van der Waals surface area contributed by atoms with E-state index in [4.69, 9.17) is 11.6 Å². The molecule has 0 spiro atoms. The van der Waals surface area contributed by atoms with Crippen molar-refractivity contribution in [3.63, 3.8) is 0 Å². The van der Waals surface area contributed by atoms with Crippen LogP contribution in [-0.2, 0) is 19.1 Å². The number of Topliss-reactive ketones (excluding diaryl/α,β-unsaturated/α-hetero) is 1. The number of hydrogen-bond acceptors (Lipinski definition) is 4. The maximum absolute atomic E-state index is 13.0. The summed E-state index contributed by atoms with van der Waals surface area (Å²) in [6, 6.07) is 0.776. The van der Waals surface area contributed by atoms with Gasteiger partial charge in [0.1, 0.15) is 5.69 Å². The highest BCUT2D eigenvalue weighted by Gasteiger charge is 2.32. The minimum absolute atomic E-state index is 0.00294. The fourth-order valence-electron chi connectivity index (χ4n) is 3.52. The molecule has 3 aromatic heterocycles. The maximum Gasteiger partial charge on any atom is 0.417 e. The van der Waals surface area contributed by atoms with Crippen LogP contribution in [0.2, 0.25) is 5.02 Å². The number of rotatable bonds is 3. The molecule has 3 aromatic rings. The van der Waals surface area contributed by atoms with Gasteiger partial charge in [-0.05, 0) is 31.4 Å². The number of ketones is 1. The van der Waals surface area contributed by atoms with E-state index in [1.807, 2.05) is 0 Å². The minimum Gasteiger partial charge on any atom is -0.354 e. The lowest BCUT2D eigenvalue weighted by Gasteiger charge is -2.09. The molecule has 3 heterocycles. The van der Waals surface area contributed by atoms with Gasteiger partial charge < -0.3 is 10.3 Å². The van der Waals surface area contributed by atoms with Gasteiger partial charge in [-0.3, -0.25) is 14.0 Å². The smallest absolute Gasteiger partial charge is 0.354 e. The van der Waals surface area contributed by atoms with Crippen molar-refractivity contribution in [3.8, 4) is 0 Å². The summed E-state index contributed by atoms with van der Waals surface area (Å²) >= 11 is 5.89. The van der Waals surface area contributed by atoms with E-state index in [9.17, 15) is 22.8 Å². The van der Waals surface area contributed by atoms with E-state index in [-0.39, 0.29) is 34.5 Å². The first-order chi connectivity index (χ1) is 13.7. The fraction of sp³-hybridized carbons (Fsp3) is 0.333. The number of fused-ring (bicyclic) bond motifs is 2. The molecule has 11 heteroatoms. The molecule has 0 radical (unpaired) electrons. The third kappa shape index (κ3) is 3.37. The number of amides is 1. The molecule has 0 fully saturated rings. The lowest BCUT2D eigenvalue weighted by atomic mass is 9.94. The molecule has 0 saturated heterocycles. The number of halogens is 4. The number of nitrogens with zero attached hydrogens (tertiary/aromatic N) is 3. The molecule has 29 heavy (non-hydrogen) atoms. The van der Waals surface area contributed by atoms with Crippen LogP contribution in [-0.4, -0.2) is 31.3 Å². The second kappa shape index (κ2) is 6.87. The van der Waals surface area contributed by atoms with Crippen LogP contribution in [0.1, 0.15) is 56.3 Å². The molecular formula is C18H15ClF3N5O2. The molecule has 1 amide bonds. The second-order valence-electron chi connectivity index (χ2n) is 6.82. The van der Waals surface area contributed by atoms with E-state index in [1.165, 1.54) is 0 Å². The Morgan fingerprint density at radius 2 is 2.10 bits per heavy atom. The summed E-state index contributed by atoms with van der Waals surface area (Å²) in [5.41, 5.74) is 1.22. The van der Waals surface area contributed by atoms with E-state index in [2.05, 4.69) is 20.5 Å². The van der Waals surface area contributed by atoms with Gasteiger partial charge in [0.2, 0.25) is 0 Å². The first-order valence-corrected chi connectivity index (χ1v) is 9.18. The topological polar surface area (TPSA) is 92.2 Å². The average molecular weight is 426 g/mol. The number of aromatic nitrogens is 4. The van der Waals surface area contributed by atoms with Gasteiger partial charge >= 0.3 is 6.18 Å². The number of hydrogen-bond donors (Lipinski definition) is 2.